The molecule has 2 aromatic carbocycles. The second-order valence-electron chi connectivity index (χ2n) is 5.00. The van der Waals surface area contributed by atoms with E-state index in [2.05, 4.69) is 15.5 Å². The van der Waals surface area contributed by atoms with Gasteiger partial charge in [-0.05, 0) is 36.4 Å². The highest BCUT2D eigenvalue weighted by molar-refractivity contribution is 6.33. The van der Waals surface area contributed by atoms with Crippen LogP contribution in [-0.2, 0) is 6.42 Å². The van der Waals surface area contributed by atoms with Crippen molar-refractivity contribution in [1.29, 1.82) is 0 Å². The smallest absolute Gasteiger partial charge is 0.252 e. The van der Waals surface area contributed by atoms with Gasteiger partial charge in [0, 0.05) is 23.6 Å². The third-order valence-electron chi connectivity index (χ3n) is 3.31. The summed E-state index contributed by atoms with van der Waals surface area (Å²) in [5.74, 6) is 0.691. The molecule has 0 bridgehead atoms. The van der Waals surface area contributed by atoms with Crippen molar-refractivity contribution in [3.8, 4) is 11.4 Å². The summed E-state index contributed by atoms with van der Waals surface area (Å²) in [4.78, 5) is 16.3. The molecule has 0 aliphatic heterocycles. The van der Waals surface area contributed by atoms with Crippen LogP contribution < -0.4 is 5.32 Å². The third kappa shape index (κ3) is 3.93. The van der Waals surface area contributed by atoms with E-state index in [4.69, 9.17) is 27.7 Å². The highest BCUT2D eigenvalue weighted by Crippen LogP contribution is 2.19. The van der Waals surface area contributed by atoms with Crippen molar-refractivity contribution in [3.63, 3.8) is 0 Å². The summed E-state index contributed by atoms with van der Waals surface area (Å²) in [7, 11) is 0. The number of nitrogens with one attached hydrogen (secondary N) is 1. The van der Waals surface area contributed by atoms with Gasteiger partial charge in [-0.1, -0.05) is 40.5 Å². The number of benzene rings is 2. The quantitative estimate of drug-likeness (QED) is 0.745. The predicted octanol–water partition coefficient (Wildman–Crippen LogP) is 4.02. The Morgan fingerprint density at radius 2 is 1.83 bits per heavy atom. The van der Waals surface area contributed by atoms with Crippen LogP contribution in [0.4, 0.5) is 0 Å². The average molecular weight is 362 g/mol. The standard InChI is InChI=1S/C17H13Cl2N3O2/c18-12-7-5-11(6-8-12)16-21-15(24-22-16)9-10-20-17(23)13-3-1-2-4-14(13)19/h1-8H,9-10H2,(H,20,23). The normalized spacial score (nSPS) is 10.6. The molecule has 5 nitrogen and oxygen atoms in total. The summed E-state index contributed by atoms with van der Waals surface area (Å²) in [6.45, 7) is 0.367. The first-order chi connectivity index (χ1) is 11.6. The zero-order valence-electron chi connectivity index (χ0n) is 12.5. The van der Waals surface area contributed by atoms with E-state index in [9.17, 15) is 4.79 Å². The Kier molecular flexibility index (Phi) is 5.13. The molecule has 0 aliphatic carbocycles. The number of carbonyl (C=O) groups is 1. The van der Waals surface area contributed by atoms with Crippen LogP contribution in [0.5, 0.6) is 0 Å². The Balaban J connectivity index is 1.57. The fourth-order valence-corrected chi connectivity index (χ4v) is 2.44. The van der Waals surface area contributed by atoms with E-state index in [1.54, 1.807) is 36.4 Å². The number of aromatic nitrogens is 2. The topological polar surface area (TPSA) is 68.0 Å². The van der Waals surface area contributed by atoms with Crippen LogP contribution in [0.15, 0.2) is 53.1 Å². The Morgan fingerprint density at radius 1 is 1.08 bits per heavy atom. The maximum absolute atomic E-state index is 12.0. The molecule has 0 saturated heterocycles. The Labute approximate surface area is 148 Å². The lowest BCUT2D eigenvalue weighted by molar-refractivity contribution is 0.0953. The van der Waals surface area contributed by atoms with Crippen molar-refractivity contribution in [1.82, 2.24) is 15.5 Å². The summed E-state index contributed by atoms with van der Waals surface area (Å²) < 4.78 is 5.19. The average Bonchev–Trinajstić information content (AvgIpc) is 3.04. The number of nitrogens with zero attached hydrogens (tertiary/aromatic N) is 2. The van der Waals surface area contributed by atoms with Gasteiger partial charge in [-0.2, -0.15) is 4.98 Å². The van der Waals surface area contributed by atoms with Gasteiger partial charge in [-0.3, -0.25) is 4.79 Å². The molecule has 1 amide bonds. The highest BCUT2D eigenvalue weighted by atomic mass is 35.5. The predicted molar refractivity (Wildman–Crippen MR) is 92.2 cm³/mol. The Hall–Kier alpha value is -2.37. The molecule has 24 heavy (non-hydrogen) atoms. The van der Waals surface area contributed by atoms with Crippen LogP contribution in [0.25, 0.3) is 11.4 Å². The number of hydrogen-bond donors (Lipinski definition) is 1. The molecule has 1 N–H and O–H groups in total. The lowest BCUT2D eigenvalue weighted by Crippen LogP contribution is -2.26. The van der Waals surface area contributed by atoms with Crippen LogP contribution >= 0.6 is 23.2 Å². The van der Waals surface area contributed by atoms with Gasteiger partial charge in [0.1, 0.15) is 0 Å². The number of rotatable bonds is 5. The minimum Gasteiger partial charge on any atom is -0.351 e. The van der Waals surface area contributed by atoms with Gasteiger partial charge in [-0.25, -0.2) is 0 Å². The molecule has 122 valence electrons. The minimum absolute atomic E-state index is 0.238. The monoisotopic (exact) mass is 361 g/mol. The fraction of sp³-hybridized carbons (Fsp3) is 0.118. The van der Waals surface area contributed by atoms with Crippen molar-refractivity contribution in [2.75, 3.05) is 6.54 Å². The van der Waals surface area contributed by atoms with Gasteiger partial charge in [0.15, 0.2) is 0 Å². The van der Waals surface area contributed by atoms with Gasteiger partial charge in [-0.15, -0.1) is 0 Å². The van der Waals surface area contributed by atoms with Crippen molar-refractivity contribution < 1.29 is 9.32 Å². The van der Waals surface area contributed by atoms with Crippen molar-refractivity contribution >= 4 is 29.1 Å². The Morgan fingerprint density at radius 3 is 2.58 bits per heavy atom. The van der Waals surface area contributed by atoms with Crippen LogP contribution in [0.3, 0.4) is 0 Å². The molecular weight excluding hydrogens is 349 g/mol. The maximum Gasteiger partial charge on any atom is 0.252 e. The first-order valence-electron chi connectivity index (χ1n) is 7.25. The van der Waals surface area contributed by atoms with Gasteiger partial charge in [0.2, 0.25) is 11.7 Å². The first kappa shape index (κ1) is 16.5. The zero-order chi connectivity index (χ0) is 16.9. The number of carbonyl (C=O) groups excluding carboxylic acids is 1. The van der Waals surface area contributed by atoms with E-state index in [1.165, 1.54) is 0 Å². The molecular formula is C17H13Cl2N3O2. The molecule has 0 atom stereocenters. The SMILES string of the molecule is O=C(NCCc1nc(-c2ccc(Cl)cc2)no1)c1ccccc1Cl. The van der Waals surface area contributed by atoms with Crippen molar-refractivity contribution in [3.05, 3.63) is 70.0 Å². The van der Waals surface area contributed by atoms with Gasteiger partial charge in [0.05, 0.1) is 10.6 Å². The molecule has 0 fully saturated rings. The van der Waals surface area contributed by atoms with E-state index >= 15 is 0 Å². The van der Waals surface area contributed by atoms with Gasteiger partial charge in [0.25, 0.3) is 5.91 Å². The molecule has 1 aromatic heterocycles. The third-order valence-corrected chi connectivity index (χ3v) is 3.89. The lowest BCUT2D eigenvalue weighted by Gasteiger charge is -2.04. The number of hydrogen-bond acceptors (Lipinski definition) is 4. The van der Waals surface area contributed by atoms with Crippen LogP contribution in [0.2, 0.25) is 10.0 Å². The Bertz CT molecular complexity index is 847. The molecule has 0 unspecified atom stereocenters. The largest absolute Gasteiger partial charge is 0.351 e. The lowest BCUT2D eigenvalue weighted by atomic mass is 10.2. The van der Waals surface area contributed by atoms with Gasteiger partial charge >= 0.3 is 0 Å². The van der Waals surface area contributed by atoms with Crippen LogP contribution in [0.1, 0.15) is 16.2 Å². The maximum atomic E-state index is 12.0. The second-order valence-corrected chi connectivity index (χ2v) is 5.85. The molecule has 0 saturated carbocycles. The summed E-state index contributed by atoms with van der Waals surface area (Å²) in [6, 6.07) is 14.0. The molecule has 0 radical (unpaired) electrons. The number of halogens is 2. The van der Waals surface area contributed by atoms with E-state index in [-0.39, 0.29) is 5.91 Å². The first-order valence-corrected chi connectivity index (χ1v) is 8.00. The van der Waals surface area contributed by atoms with Crippen molar-refractivity contribution in [2.24, 2.45) is 0 Å². The summed E-state index contributed by atoms with van der Waals surface area (Å²) in [5.41, 5.74) is 1.25. The fourth-order valence-electron chi connectivity index (χ4n) is 2.10. The highest BCUT2D eigenvalue weighted by Gasteiger charge is 2.11. The van der Waals surface area contributed by atoms with Crippen molar-refractivity contribution in [2.45, 2.75) is 6.42 Å². The molecule has 1 heterocycles. The van der Waals surface area contributed by atoms with Crippen LogP contribution in [-0.4, -0.2) is 22.6 Å². The van der Waals surface area contributed by atoms with Crippen LogP contribution in [0, 0.1) is 0 Å². The zero-order valence-corrected chi connectivity index (χ0v) is 14.0. The molecule has 0 aliphatic rings. The number of amides is 1. The minimum atomic E-state index is -0.238. The summed E-state index contributed by atoms with van der Waals surface area (Å²) >= 11 is 11.8. The van der Waals surface area contributed by atoms with E-state index in [0.717, 1.165) is 5.56 Å². The molecule has 0 spiro atoms. The second kappa shape index (κ2) is 7.47. The molecule has 3 aromatic rings. The van der Waals surface area contributed by atoms with E-state index < -0.39 is 0 Å². The summed E-state index contributed by atoms with van der Waals surface area (Å²) in [5, 5.41) is 7.76. The molecule has 3 rings (SSSR count). The van der Waals surface area contributed by atoms with Gasteiger partial charge < -0.3 is 9.84 Å². The molecule has 7 heteroatoms. The van der Waals surface area contributed by atoms with E-state index in [1.807, 2.05) is 12.1 Å². The summed E-state index contributed by atoms with van der Waals surface area (Å²) in [6.07, 6.45) is 0.427. The van der Waals surface area contributed by atoms with E-state index in [0.29, 0.717) is 40.3 Å².